The summed E-state index contributed by atoms with van der Waals surface area (Å²) < 4.78 is 18.3. The molecule has 3 heterocycles. The number of ketones is 1. The molecule has 192 valence electrons. The van der Waals surface area contributed by atoms with E-state index in [4.69, 9.17) is 19.2 Å². The Morgan fingerprint density at radius 1 is 1.03 bits per heavy atom. The molecular weight excluding hydrogens is 488 g/mol. The highest BCUT2D eigenvalue weighted by molar-refractivity contribution is 7.22. The number of rotatable bonds is 5. The monoisotopic (exact) mass is 518 g/mol. The van der Waals surface area contributed by atoms with Crippen molar-refractivity contribution < 1.29 is 23.8 Å². The van der Waals surface area contributed by atoms with Crippen LogP contribution in [0.2, 0.25) is 0 Å². The Hall–Kier alpha value is -3.39. The van der Waals surface area contributed by atoms with Crippen LogP contribution in [0.1, 0.15) is 62.6 Å². The first kappa shape index (κ1) is 24.0. The minimum atomic E-state index is -0.650. The second-order valence-corrected chi connectivity index (χ2v) is 11.2. The Balaban J connectivity index is 1.51. The highest BCUT2D eigenvalue weighted by Crippen LogP contribution is 2.50. The summed E-state index contributed by atoms with van der Waals surface area (Å²) in [6.45, 7) is 4.31. The number of carbonyl (C=O) groups excluding carboxylic acids is 2. The molecule has 7 nitrogen and oxygen atoms in total. The number of thiazole rings is 1. The van der Waals surface area contributed by atoms with Crippen molar-refractivity contribution >= 4 is 38.4 Å². The molecule has 0 bridgehead atoms. The van der Waals surface area contributed by atoms with Crippen LogP contribution in [0.5, 0.6) is 11.5 Å². The van der Waals surface area contributed by atoms with Gasteiger partial charge in [-0.25, -0.2) is 4.98 Å². The van der Waals surface area contributed by atoms with Gasteiger partial charge in [-0.3, -0.25) is 14.5 Å². The quantitative estimate of drug-likeness (QED) is 0.416. The Kier molecular flexibility index (Phi) is 5.94. The number of fused-ring (bicyclic) bond motifs is 2. The van der Waals surface area contributed by atoms with Gasteiger partial charge in [-0.15, -0.1) is 0 Å². The van der Waals surface area contributed by atoms with Gasteiger partial charge in [-0.2, -0.15) is 0 Å². The molecule has 3 atom stereocenters. The molecule has 0 N–H and O–H groups in total. The number of methoxy groups -OCH3 is 2. The third-order valence-corrected chi connectivity index (χ3v) is 8.78. The highest BCUT2D eigenvalue weighted by atomic mass is 32.1. The maximum absolute atomic E-state index is 14.0. The van der Waals surface area contributed by atoms with E-state index in [1.165, 1.54) is 16.9 Å². The number of benzene rings is 2. The van der Waals surface area contributed by atoms with Crippen LogP contribution in [0.25, 0.3) is 10.2 Å². The van der Waals surface area contributed by atoms with Gasteiger partial charge in [-0.05, 0) is 60.6 Å². The van der Waals surface area contributed by atoms with Crippen molar-refractivity contribution in [1.82, 2.24) is 4.98 Å². The van der Waals surface area contributed by atoms with Crippen molar-refractivity contribution in [1.29, 1.82) is 0 Å². The molecule has 3 unspecified atom stereocenters. The van der Waals surface area contributed by atoms with Crippen LogP contribution in [0.4, 0.5) is 5.13 Å². The number of ether oxygens (including phenoxy) is 3. The molecule has 1 saturated carbocycles. The fraction of sp³-hybridized carbons (Fsp3) is 0.414. The summed E-state index contributed by atoms with van der Waals surface area (Å²) in [6.07, 6.45) is 3.34. The summed E-state index contributed by atoms with van der Waals surface area (Å²) in [5.74, 6) is 1.16. The number of nitrogens with zero attached hydrogens (tertiary/aromatic N) is 2. The lowest BCUT2D eigenvalue weighted by atomic mass is 9.77. The molecule has 37 heavy (non-hydrogen) atoms. The first-order valence-corrected chi connectivity index (χ1v) is 13.6. The van der Waals surface area contributed by atoms with Crippen LogP contribution in [0.15, 0.2) is 47.7 Å². The van der Waals surface area contributed by atoms with Crippen molar-refractivity contribution in [2.45, 2.75) is 57.6 Å². The van der Waals surface area contributed by atoms with Crippen LogP contribution in [0, 0.1) is 5.92 Å². The number of aromatic nitrogens is 1. The molecule has 2 aromatic carbocycles. The van der Waals surface area contributed by atoms with E-state index in [1.54, 1.807) is 25.2 Å². The maximum atomic E-state index is 14.0. The van der Waals surface area contributed by atoms with Gasteiger partial charge in [0.05, 0.1) is 42.0 Å². The fourth-order valence-corrected chi connectivity index (χ4v) is 6.81. The van der Waals surface area contributed by atoms with Crippen molar-refractivity contribution in [2.75, 3.05) is 19.1 Å². The van der Waals surface area contributed by atoms with Gasteiger partial charge >= 0.3 is 0 Å². The van der Waals surface area contributed by atoms with Crippen molar-refractivity contribution in [3.8, 4) is 11.5 Å². The highest BCUT2D eigenvalue weighted by Gasteiger charge is 2.53. The third kappa shape index (κ3) is 3.81. The van der Waals surface area contributed by atoms with Crippen LogP contribution >= 0.6 is 11.3 Å². The average molecular weight is 519 g/mol. The molecule has 2 aliphatic heterocycles. The van der Waals surface area contributed by atoms with Crippen molar-refractivity contribution in [3.63, 3.8) is 0 Å². The predicted octanol–water partition coefficient (Wildman–Crippen LogP) is 5.94. The lowest BCUT2D eigenvalue weighted by Gasteiger charge is -2.35. The van der Waals surface area contributed by atoms with E-state index in [2.05, 4.69) is 26.0 Å². The van der Waals surface area contributed by atoms with Gasteiger partial charge in [0.15, 0.2) is 28.2 Å². The summed E-state index contributed by atoms with van der Waals surface area (Å²) in [6, 6.07) is 11.1. The van der Waals surface area contributed by atoms with E-state index in [0.717, 1.165) is 41.5 Å². The van der Waals surface area contributed by atoms with Crippen LogP contribution in [-0.2, 0) is 14.3 Å². The van der Waals surface area contributed by atoms with E-state index >= 15 is 0 Å². The normalized spacial score (nSPS) is 23.4. The molecule has 0 saturated heterocycles. The molecule has 1 aliphatic carbocycles. The number of hydrogen-bond donors (Lipinski definition) is 0. The third-order valence-electron chi connectivity index (χ3n) is 7.76. The number of amides is 1. The van der Waals surface area contributed by atoms with Crippen LogP contribution < -0.4 is 14.4 Å². The Morgan fingerprint density at radius 3 is 2.57 bits per heavy atom. The molecule has 1 aromatic heterocycles. The molecule has 1 amide bonds. The fourth-order valence-electron chi connectivity index (χ4n) is 5.77. The summed E-state index contributed by atoms with van der Waals surface area (Å²) in [5.41, 5.74) is 3.23. The zero-order valence-electron chi connectivity index (χ0n) is 21.4. The molecule has 3 aliphatic rings. The van der Waals surface area contributed by atoms with Crippen molar-refractivity contribution in [2.24, 2.45) is 5.92 Å². The Labute approximate surface area is 220 Å². The number of hydrogen-bond acceptors (Lipinski definition) is 7. The summed E-state index contributed by atoms with van der Waals surface area (Å²) in [4.78, 5) is 34.4. The van der Waals surface area contributed by atoms with Crippen molar-refractivity contribution in [3.05, 3.63) is 58.9 Å². The minimum absolute atomic E-state index is 0.0183. The van der Waals surface area contributed by atoms with Gasteiger partial charge in [0.2, 0.25) is 0 Å². The number of carbonyl (C=O) groups is 2. The smallest absolute Gasteiger partial charge is 0.296 e. The van der Waals surface area contributed by atoms with Gasteiger partial charge < -0.3 is 14.2 Å². The molecule has 8 heteroatoms. The molecule has 0 spiro atoms. The molecule has 6 rings (SSSR count). The maximum Gasteiger partial charge on any atom is 0.296 e. The molecule has 0 radical (unpaired) electrons. The van der Waals surface area contributed by atoms with E-state index in [0.29, 0.717) is 28.1 Å². The van der Waals surface area contributed by atoms with Crippen LogP contribution in [-0.4, -0.2) is 37.0 Å². The predicted molar refractivity (Wildman–Crippen MR) is 142 cm³/mol. The topological polar surface area (TPSA) is 78.0 Å². The van der Waals surface area contributed by atoms with Crippen LogP contribution in [0.3, 0.4) is 0 Å². The van der Waals surface area contributed by atoms with Gasteiger partial charge in [0.1, 0.15) is 6.10 Å². The van der Waals surface area contributed by atoms with Gasteiger partial charge in [0, 0.05) is 0 Å². The standard InChI is InChI=1S/C29H30N2O5S/c1-15(2)16-9-11-19-23(14-16)37-29(30-19)31-25(17-10-12-21(34-3)22(13-17)35-4)24-26(32)18-7-5-6-8-20(18)36-27(24)28(31)33/h9-15,18,20,25H,5-8H2,1-4H3. The zero-order valence-corrected chi connectivity index (χ0v) is 22.3. The number of Topliss-reactive ketones (excluding diaryl/α,β-unsaturated/α-hetero) is 1. The Bertz CT molecular complexity index is 1440. The summed E-state index contributed by atoms with van der Waals surface area (Å²) in [7, 11) is 3.16. The SMILES string of the molecule is COc1ccc(C2C3=C(OC4CCCCC4C3=O)C(=O)N2c2nc3ccc(C(C)C)cc3s2)cc1OC. The molecule has 1 fully saturated rings. The summed E-state index contributed by atoms with van der Waals surface area (Å²) >= 11 is 1.46. The largest absolute Gasteiger partial charge is 0.493 e. The van der Waals surface area contributed by atoms with E-state index in [-0.39, 0.29) is 29.5 Å². The van der Waals surface area contributed by atoms with E-state index < -0.39 is 6.04 Å². The summed E-state index contributed by atoms with van der Waals surface area (Å²) in [5, 5.41) is 0.550. The number of anilines is 1. The second-order valence-electron chi connectivity index (χ2n) is 10.2. The molecular formula is C29H30N2O5S. The van der Waals surface area contributed by atoms with Gasteiger partial charge in [0.25, 0.3) is 5.91 Å². The minimum Gasteiger partial charge on any atom is -0.493 e. The average Bonchev–Trinajstić information content (AvgIpc) is 3.46. The first-order valence-electron chi connectivity index (χ1n) is 12.8. The van der Waals surface area contributed by atoms with E-state index in [9.17, 15) is 9.59 Å². The Morgan fingerprint density at radius 2 is 1.81 bits per heavy atom. The van der Waals surface area contributed by atoms with Gasteiger partial charge in [-0.1, -0.05) is 43.7 Å². The first-order chi connectivity index (χ1) is 17.9. The van der Waals surface area contributed by atoms with E-state index in [1.807, 2.05) is 18.2 Å². The lowest BCUT2D eigenvalue weighted by Crippen LogP contribution is -2.39. The molecule has 3 aromatic rings. The lowest BCUT2D eigenvalue weighted by molar-refractivity contribution is -0.131. The zero-order chi connectivity index (χ0) is 25.8. The second kappa shape index (κ2) is 9.17.